The summed E-state index contributed by atoms with van der Waals surface area (Å²) < 4.78 is 16.0. The minimum Gasteiger partial charge on any atom is -0.462 e. The molecule has 1 saturated heterocycles. The first kappa shape index (κ1) is 12.1. The number of ether oxygens (including phenoxy) is 1. The van der Waals surface area contributed by atoms with Gasteiger partial charge >= 0.3 is 13.1 Å². The molecule has 0 saturated carbocycles. The van der Waals surface area contributed by atoms with Crippen LogP contribution >= 0.6 is 0 Å². The highest BCUT2D eigenvalue weighted by atomic mass is 16.6. The van der Waals surface area contributed by atoms with Gasteiger partial charge in [0.2, 0.25) is 0 Å². The van der Waals surface area contributed by atoms with Crippen LogP contribution in [0.15, 0.2) is 24.3 Å². The molecule has 0 unspecified atom stereocenters. The van der Waals surface area contributed by atoms with E-state index < -0.39 is 7.12 Å². The van der Waals surface area contributed by atoms with Crippen molar-refractivity contribution >= 4 is 18.6 Å². The fourth-order valence-electron chi connectivity index (χ4n) is 1.76. The van der Waals surface area contributed by atoms with Gasteiger partial charge in [-0.2, -0.15) is 0 Å². The number of esters is 1. The van der Waals surface area contributed by atoms with Gasteiger partial charge < -0.3 is 14.0 Å². The van der Waals surface area contributed by atoms with E-state index in [9.17, 15) is 4.79 Å². The van der Waals surface area contributed by atoms with Crippen LogP contribution in [0.3, 0.4) is 0 Å². The second-order valence-corrected chi connectivity index (χ2v) is 3.73. The average Bonchev–Trinajstić information content (AvgIpc) is 2.40. The molecule has 90 valence electrons. The zero-order valence-electron chi connectivity index (χ0n) is 9.85. The maximum Gasteiger partial charge on any atom is 0.494 e. The van der Waals surface area contributed by atoms with Crippen molar-refractivity contribution in [2.45, 2.75) is 13.3 Å². The highest BCUT2D eigenvalue weighted by Crippen LogP contribution is 2.07. The Morgan fingerprint density at radius 2 is 2.06 bits per heavy atom. The highest BCUT2D eigenvalue weighted by Gasteiger charge is 2.29. The lowest BCUT2D eigenvalue weighted by molar-refractivity contribution is 0.0526. The van der Waals surface area contributed by atoms with Crippen LogP contribution in [0.2, 0.25) is 0 Å². The van der Waals surface area contributed by atoms with Crippen LogP contribution in [0.4, 0.5) is 0 Å². The van der Waals surface area contributed by atoms with Crippen LogP contribution in [0.1, 0.15) is 23.7 Å². The van der Waals surface area contributed by atoms with E-state index in [0.717, 1.165) is 11.9 Å². The molecular formula is C12H15BO4. The summed E-state index contributed by atoms with van der Waals surface area (Å²) in [5.74, 6) is -0.333. The van der Waals surface area contributed by atoms with E-state index in [0.29, 0.717) is 25.4 Å². The monoisotopic (exact) mass is 234 g/mol. The van der Waals surface area contributed by atoms with Crippen molar-refractivity contribution < 1.29 is 18.8 Å². The normalized spacial score (nSPS) is 15.7. The summed E-state index contributed by atoms with van der Waals surface area (Å²) in [7, 11) is -0.454. The van der Waals surface area contributed by atoms with Crippen molar-refractivity contribution in [1.82, 2.24) is 0 Å². The van der Waals surface area contributed by atoms with E-state index >= 15 is 0 Å². The van der Waals surface area contributed by atoms with Crippen molar-refractivity contribution in [3.63, 3.8) is 0 Å². The van der Waals surface area contributed by atoms with E-state index in [1.165, 1.54) is 0 Å². The Balaban J connectivity index is 2.23. The SMILES string of the molecule is CCOC(=O)c1ccccc1B1OCCCO1. The third-order valence-corrected chi connectivity index (χ3v) is 2.54. The Labute approximate surface area is 101 Å². The summed E-state index contributed by atoms with van der Waals surface area (Å²) in [4.78, 5) is 11.8. The van der Waals surface area contributed by atoms with Gasteiger partial charge in [0.05, 0.1) is 12.2 Å². The van der Waals surface area contributed by atoms with Gasteiger partial charge in [0.1, 0.15) is 0 Å². The molecule has 4 nitrogen and oxygen atoms in total. The minimum atomic E-state index is -0.454. The van der Waals surface area contributed by atoms with E-state index in [1.807, 2.05) is 12.1 Å². The molecule has 1 aliphatic rings. The fourth-order valence-corrected chi connectivity index (χ4v) is 1.76. The molecule has 1 heterocycles. The van der Waals surface area contributed by atoms with Crippen molar-refractivity contribution in [1.29, 1.82) is 0 Å². The van der Waals surface area contributed by atoms with Crippen molar-refractivity contribution in [2.24, 2.45) is 0 Å². The predicted octanol–water partition coefficient (Wildman–Crippen LogP) is 0.995. The molecule has 0 atom stereocenters. The Morgan fingerprint density at radius 1 is 1.35 bits per heavy atom. The molecule has 0 aromatic heterocycles. The number of rotatable bonds is 3. The molecule has 1 aliphatic heterocycles. The molecule has 0 radical (unpaired) electrons. The second kappa shape index (κ2) is 5.84. The van der Waals surface area contributed by atoms with Gasteiger partial charge in [-0.1, -0.05) is 18.2 Å². The highest BCUT2D eigenvalue weighted by molar-refractivity contribution is 6.63. The standard InChI is InChI=1S/C12H15BO4/c1-2-15-12(14)10-6-3-4-7-11(10)13-16-8-5-9-17-13/h3-4,6-7H,2,5,8-9H2,1H3. The molecule has 0 aliphatic carbocycles. The number of carbonyl (C=O) groups is 1. The fraction of sp³-hybridized carbons (Fsp3) is 0.417. The third kappa shape index (κ3) is 2.87. The summed E-state index contributed by atoms with van der Waals surface area (Å²) in [5, 5.41) is 0. The van der Waals surface area contributed by atoms with Gasteiger partial charge in [0.15, 0.2) is 0 Å². The van der Waals surface area contributed by atoms with Gasteiger partial charge in [-0.05, 0) is 24.9 Å². The third-order valence-electron chi connectivity index (χ3n) is 2.54. The Bertz CT molecular complexity index is 388. The van der Waals surface area contributed by atoms with Crippen molar-refractivity contribution in [3.05, 3.63) is 29.8 Å². The average molecular weight is 234 g/mol. The van der Waals surface area contributed by atoms with Gasteiger partial charge in [0, 0.05) is 13.2 Å². The molecule has 17 heavy (non-hydrogen) atoms. The Morgan fingerprint density at radius 3 is 2.76 bits per heavy atom. The minimum absolute atomic E-state index is 0.333. The second-order valence-electron chi connectivity index (χ2n) is 3.73. The molecule has 5 heteroatoms. The summed E-state index contributed by atoms with van der Waals surface area (Å²) in [5.41, 5.74) is 1.26. The number of hydrogen-bond donors (Lipinski definition) is 0. The summed E-state index contributed by atoms with van der Waals surface area (Å²) in [6.07, 6.45) is 0.887. The van der Waals surface area contributed by atoms with Crippen LogP contribution in [0, 0.1) is 0 Å². The van der Waals surface area contributed by atoms with E-state index in [4.69, 9.17) is 14.0 Å². The van der Waals surface area contributed by atoms with Gasteiger partial charge in [-0.25, -0.2) is 4.79 Å². The zero-order valence-corrected chi connectivity index (χ0v) is 9.85. The smallest absolute Gasteiger partial charge is 0.462 e. The summed E-state index contributed by atoms with van der Waals surface area (Å²) >= 11 is 0. The molecule has 1 aromatic rings. The maximum atomic E-state index is 11.8. The van der Waals surface area contributed by atoms with Gasteiger partial charge in [-0.15, -0.1) is 0 Å². The maximum absolute atomic E-state index is 11.8. The lowest BCUT2D eigenvalue weighted by Crippen LogP contribution is -2.43. The number of benzene rings is 1. The number of carbonyl (C=O) groups excluding carboxylic acids is 1. The lowest BCUT2D eigenvalue weighted by atomic mass is 9.75. The number of hydrogen-bond acceptors (Lipinski definition) is 4. The van der Waals surface area contributed by atoms with Crippen LogP contribution in [0.25, 0.3) is 0 Å². The quantitative estimate of drug-likeness (QED) is 0.578. The Hall–Kier alpha value is -1.33. The predicted molar refractivity (Wildman–Crippen MR) is 64.3 cm³/mol. The van der Waals surface area contributed by atoms with Crippen LogP contribution < -0.4 is 5.46 Å². The molecule has 0 bridgehead atoms. The largest absolute Gasteiger partial charge is 0.494 e. The van der Waals surface area contributed by atoms with Crippen molar-refractivity contribution in [2.75, 3.05) is 19.8 Å². The van der Waals surface area contributed by atoms with E-state index in [1.54, 1.807) is 19.1 Å². The first-order valence-electron chi connectivity index (χ1n) is 5.82. The van der Waals surface area contributed by atoms with Crippen LogP contribution in [0.5, 0.6) is 0 Å². The van der Waals surface area contributed by atoms with Gasteiger partial charge in [0.25, 0.3) is 0 Å². The van der Waals surface area contributed by atoms with Gasteiger partial charge in [-0.3, -0.25) is 0 Å². The van der Waals surface area contributed by atoms with E-state index in [2.05, 4.69) is 0 Å². The molecule has 1 fully saturated rings. The van der Waals surface area contributed by atoms with Crippen LogP contribution in [-0.4, -0.2) is 32.9 Å². The zero-order chi connectivity index (χ0) is 12.1. The first-order valence-corrected chi connectivity index (χ1v) is 5.82. The molecule has 0 amide bonds. The summed E-state index contributed by atoms with van der Waals surface area (Å²) in [6.45, 7) is 3.46. The first-order chi connectivity index (χ1) is 8.33. The van der Waals surface area contributed by atoms with E-state index in [-0.39, 0.29) is 5.97 Å². The van der Waals surface area contributed by atoms with Crippen LogP contribution in [-0.2, 0) is 14.0 Å². The molecule has 1 aromatic carbocycles. The summed E-state index contributed by atoms with van der Waals surface area (Å²) in [6, 6.07) is 7.23. The lowest BCUT2D eigenvalue weighted by Gasteiger charge is -2.21. The molecule has 0 N–H and O–H groups in total. The van der Waals surface area contributed by atoms with Crippen molar-refractivity contribution in [3.8, 4) is 0 Å². The topological polar surface area (TPSA) is 44.8 Å². The molecule has 0 spiro atoms. The Kier molecular flexibility index (Phi) is 4.17. The molecule has 2 rings (SSSR count). The molecular weight excluding hydrogens is 219 g/mol.